The first-order valence-electron chi connectivity index (χ1n) is 6.84. The van der Waals surface area contributed by atoms with E-state index in [-0.39, 0.29) is 10.6 Å². The summed E-state index contributed by atoms with van der Waals surface area (Å²) in [6, 6.07) is 8.81. The van der Waals surface area contributed by atoms with Crippen LogP contribution in [-0.2, 0) is 5.54 Å². The quantitative estimate of drug-likeness (QED) is 0.821. The highest BCUT2D eigenvalue weighted by molar-refractivity contribution is 6.31. The van der Waals surface area contributed by atoms with Crippen LogP contribution in [0.2, 0.25) is 5.02 Å². The minimum atomic E-state index is -0.415. The summed E-state index contributed by atoms with van der Waals surface area (Å²) < 4.78 is 13.3. The second-order valence-corrected chi connectivity index (χ2v) is 6.37. The molecule has 0 spiro atoms. The van der Waals surface area contributed by atoms with Crippen LogP contribution in [0.5, 0.6) is 0 Å². The Hall–Kier alpha value is -1.45. The number of pyridine rings is 1. The summed E-state index contributed by atoms with van der Waals surface area (Å²) in [4.78, 5) is 6.70. The molecule has 0 aliphatic heterocycles. The summed E-state index contributed by atoms with van der Waals surface area (Å²) in [7, 11) is 4.09. The molecule has 4 heteroatoms. The number of hydrogen-bond donors (Lipinski definition) is 0. The zero-order valence-electron chi connectivity index (χ0n) is 13.0. The van der Waals surface area contributed by atoms with E-state index in [9.17, 15) is 4.39 Å². The first-order valence-corrected chi connectivity index (χ1v) is 7.21. The first kappa shape index (κ1) is 15.9. The van der Waals surface area contributed by atoms with Crippen LogP contribution in [0.15, 0.2) is 30.3 Å². The SMILES string of the molecule is Cc1cc(C(C)(C)N(C)C)cc(-c2ccc(F)c(Cl)c2)n1. The molecule has 0 aliphatic carbocycles. The molecule has 0 N–H and O–H groups in total. The number of benzene rings is 1. The first-order chi connectivity index (χ1) is 9.71. The molecule has 1 heterocycles. The molecule has 2 nitrogen and oxygen atoms in total. The third-order valence-electron chi connectivity index (χ3n) is 3.99. The molecule has 0 saturated carbocycles. The summed E-state index contributed by atoms with van der Waals surface area (Å²) in [6.07, 6.45) is 0. The summed E-state index contributed by atoms with van der Waals surface area (Å²) >= 11 is 5.87. The maximum Gasteiger partial charge on any atom is 0.141 e. The van der Waals surface area contributed by atoms with Gasteiger partial charge in [0, 0.05) is 16.8 Å². The van der Waals surface area contributed by atoms with Gasteiger partial charge in [0.2, 0.25) is 0 Å². The molecule has 0 radical (unpaired) electrons. The van der Waals surface area contributed by atoms with Crippen molar-refractivity contribution in [2.45, 2.75) is 26.3 Å². The van der Waals surface area contributed by atoms with Gasteiger partial charge in [-0.2, -0.15) is 0 Å². The number of aromatic nitrogens is 1. The number of nitrogens with zero attached hydrogens (tertiary/aromatic N) is 2. The summed E-state index contributed by atoms with van der Waals surface area (Å²) in [6.45, 7) is 6.27. The second-order valence-electron chi connectivity index (χ2n) is 5.96. The van der Waals surface area contributed by atoms with Crippen LogP contribution < -0.4 is 0 Å². The third kappa shape index (κ3) is 3.25. The van der Waals surface area contributed by atoms with Gasteiger partial charge in [0.15, 0.2) is 0 Å². The van der Waals surface area contributed by atoms with Gasteiger partial charge in [-0.15, -0.1) is 0 Å². The average Bonchev–Trinajstić information content (AvgIpc) is 2.41. The van der Waals surface area contributed by atoms with E-state index in [1.54, 1.807) is 12.1 Å². The van der Waals surface area contributed by atoms with Crippen molar-refractivity contribution in [1.82, 2.24) is 9.88 Å². The van der Waals surface area contributed by atoms with E-state index in [1.807, 2.05) is 27.1 Å². The predicted molar refractivity (Wildman–Crippen MR) is 86.1 cm³/mol. The van der Waals surface area contributed by atoms with Crippen molar-refractivity contribution in [3.05, 3.63) is 52.4 Å². The van der Waals surface area contributed by atoms with Crippen molar-refractivity contribution in [3.63, 3.8) is 0 Å². The lowest BCUT2D eigenvalue weighted by molar-refractivity contribution is 0.197. The van der Waals surface area contributed by atoms with Gasteiger partial charge >= 0.3 is 0 Å². The molecule has 112 valence electrons. The molecule has 0 unspecified atom stereocenters. The molecule has 0 aliphatic rings. The number of hydrogen-bond acceptors (Lipinski definition) is 2. The number of halogens is 2. The van der Waals surface area contributed by atoms with E-state index >= 15 is 0 Å². The molecule has 0 fully saturated rings. The van der Waals surface area contributed by atoms with Gasteiger partial charge in [0.1, 0.15) is 5.82 Å². The molecule has 1 aromatic heterocycles. The number of rotatable bonds is 3. The van der Waals surface area contributed by atoms with Gasteiger partial charge in [0.05, 0.1) is 10.7 Å². The minimum Gasteiger partial charge on any atom is -0.300 e. The van der Waals surface area contributed by atoms with Crippen LogP contribution in [-0.4, -0.2) is 24.0 Å². The highest BCUT2D eigenvalue weighted by Gasteiger charge is 2.24. The fraction of sp³-hybridized carbons (Fsp3) is 0.353. The lowest BCUT2D eigenvalue weighted by Crippen LogP contribution is -2.35. The van der Waals surface area contributed by atoms with Crippen molar-refractivity contribution in [1.29, 1.82) is 0 Å². The Kier molecular flexibility index (Phi) is 4.35. The minimum absolute atomic E-state index is 0.115. The Balaban J connectivity index is 2.55. The standard InChI is InChI=1S/C17H20ClFN2/c1-11-8-13(17(2,3)21(4)5)10-16(20-11)12-6-7-15(19)14(18)9-12/h6-10H,1-5H3. The number of aryl methyl sites for hydroxylation is 1. The summed E-state index contributed by atoms with van der Waals surface area (Å²) in [5, 5.41) is 0.115. The lowest BCUT2D eigenvalue weighted by atomic mass is 9.91. The van der Waals surface area contributed by atoms with Gasteiger partial charge in [0.25, 0.3) is 0 Å². The smallest absolute Gasteiger partial charge is 0.141 e. The van der Waals surface area contributed by atoms with Gasteiger partial charge in [-0.05, 0) is 70.8 Å². The summed E-state index contributed by atoms with van der Waals surface area (Å²) in [5.41, 5.74) is 3.60. The van der Waals surface area contributed by atoms with E-state index in [0.29, 0.717) is 0 Å². The van der Waals surface area contributed by atoms with Crippen molar-refractivity contribution in [2.24, 2.45) is 0 Å². The Bertz CT molecular complexity index is 666. The molecule has 0 saturated heterocycles. The van der Waals surface area contributed by atoms with Crippen LogP contribution in [0.4, 0.5) is 4.39 Å². The van der Waals surface area contributed by atoms with Gasteiger partial charge < -0.3 is 4.90 Å². The fourth-order valence-corrected chi connectivity index (χ4v) is 2.26. The highest BCUT2D eigenvalue weighted by Crippen LogP contribution is 2.30. The summed E-state index contributed by atoms with van der Waals surface area (Å²) in [5.74, 6) is -0.415. The zero-order valence-corrected chi connectivity index (χ0v) is 13.8. The van der Waals surface area contributed by atoms with Crippen molar-refractivity contribution >= 4 is 11.6 Å². The Labute approximate surface area is 130 Å². The Morgan fingerprint density at radius 3 is 2.38 bits per heavy atom. The molecule has 2 rings (SSSR count). The van der Waals surface area contributed by atoms with Gasteiger partial charge in [-0.3, -0.25) is 4.98 Å². The van der Waals surface area contributed by atoms with Crippen molar-refractivity contribution in [3.8, 4) is 11.3 Å². The molecule has 0 bridgehead atoms. The molecule has 2 aromatic rings. The Morgan fingerprint density at radius 1 is 1.14 bits per heavy atom. The van der Waals surface area contributed by atoms with Gasteiger partial charge in [-0.25, -0.2) is 4.39 Å². The van der Waals surface area contributed by atoms with E-state index in [4.69, 9.17) is 11.6 Å². The molecular formula is C17H20ClFN2. The van der Waals surface area contributed by atoms with Crippen LogP contribution in [0.25, 0.3) is 11.3 Å². The molecule has 0 atom stereocenters. The average molecular weight is 307 g/mol. The van der Waals surface area contributed by atoms with Crippen LogP contribution in [0, 0.1) is 12.7 Å². The largest absolute Gasteiger partial charge is 0.300 e. The fourth-order valence-electron chi connectivity index (χ4n) is 2.08. The van der Waals surface area contributed by atoms with E-state index in [0.717, 1.165) is 22.5 Å². The van der Waals surface area contributed by atoms with Crippen LogP contribution >= 0.6 is 11.6 Å². The molecule has 21 heavy (non-hydrogen) atoms. The zero-order chi connectivity index (χ0) is 15.8. The topological polar surface area (TPSA) is 16.1 Å². The molecular weight excluding hydrogens is 287 g/mol. The second kappa shape index (κ2) is 5.74. The third-order valence-corrected chi connectivity index (χ3v) is 4.28. The normalized spacial score (nSPS) is 12.0. The highest BCUT2D eigenvalue weighted by atomic mass is 35.5. The monoisotopic (exact) mass is 306 g/mol. The van der Waals surface area contributed by atoms with Crippen molar-refractivity contribution < 1.29 is 4.39 Å². The van der Waals surface area contributed by atoms with Crippen molar-refractivity contribution in [2.75, 3.05) is 14.1 Å². The van der Waals surface area contributed by atoms with E-state index in [2.05, 4.69) is 29.8 Å². The molecule has 1 aromatic carbocycles. The predicted octanol–water partition coefficient (Wildman–Crippen LogP) is 4.65. The van der Waals surface area contributed by atoms with Gasteiger partial charge in [-0.1, -0.05) is 11.6 Å². The molecule has 0 amide bonds. The van der Waals surface area contributed by atoms with Crippen LogP contribution in [0.1, 0.15) is 25.1 Å². The van der Waals surface area contributed by atoms with Crippen LogP contribution in [0.3, 0.4) is 0 Å². The Morgan fingerprint density at radius 2 is 1.81 bits per heavy atom. The van der Waals surface area contributed by atoms with E-state index in [1.165, 1.54) is 6.07 Å². The lowest BCUT2D eigenvalue weighted by Gasteiger charge is -2.33. The maximum atomic E-state index is 13.3. The van der Waals surface area contributed by atoms with E-state index < -0.39 is 5.82 Å². The maximum absolute atomic E-state index is 13.3.